The van der Waals surface area contributed by atoms with Gasteiger partial charge in [-0.3, -0.25) is 9.59 Å². The van der Waals surface area contributed by atoms with Gasteiger partial charge in [-0.25, -0.2) is 4.52 Å². The fourth-order valence-electron chi connectivity index (χ4n) is 4.11. The number of aliphatic hydroxyl groups is 1. The van der Waals surface area contributed by atoms with E-state index >= 15 is 0 Å². The van der Waals surface area contributed by atoms with Crippen molar-refractivity contribution in [2.24, 2.45) is 0 Å². The fourth-order valence-corrected chi connectivity index (χ4v) is 4.11. The number of carbonyl (C=O) groups is 2. The highest BCUT2D eigenvalue weighted by molar-refractivity contribution is 6.06. The van der Waals surface area contributed by atoms with E-state index in [0.717, 1.165) is 11.1 Å². The van der Waals surface area contributed by atoms with Crippen molar-refractivity contribution in [3.05, 3.63) is 107 Å². The number of aromatic nitrogens is 2. The average Bonchev–Trinajstić information content (AvgIpc) is 3.35. The zero-order valence-electron chi connectivity index (χ0n) is 20.8. The number of nitrogens with one attached hydrogen (secondary N) is 2. The third-order valence-corrected chi connectivity index (χ3v) is 6.23. The van der Waals surface area contributed by atoms with E-state index in [1.165, 1.54) is 10.7 Å². The van der Waals surface area contributed by atoms with Crippen LogP contribution in [0.1, 0.15) is 63.2 Å². The number of aliphatic hydroxyl groups excluding tert-OH is 1. The van der Waals surface area contributed by atoms with Crippen LogP contribution in [0.2, 0.25) is 0 Å². The van der Waals surface area contributed by atoms with E-state index in [1.54, 1.807) is 37.4 Å². The van der Waals surface area contributed by atoms with Gasteiger partial charge in [0.25, 0.3) is 5.91 Å². The second-order valence-corrected chi connectivity index (χ2v) is 9.12. The van der Waals surface area contributed by atoms with Crippen LogP contribution in [0, 0.1) is 11.3 Å². The molecule has 188 valence electrons. The Balaban J connectivity index is 1.56. The first-order valence-electron chi connectivity index (χ1n) is 12.1. The van der Waals surface area contributed by atoms with Crippen molar-refractivity contribution in [2.75, 3.05) is 13.1 Å². The van der Waals surface area contributed by atoms with Crippen molar-refractivity contribution in [3.63, 3.8) is 0 Å². The van der Waals surface area contributed by atoms with Crippen LogP contribution in [0.15, 0.2) is 79.1 Å². The topological polar surface area (TPSA) is 120 Å². The summed E-state index contributed by atoms with van der Waals surface area (Å²) in [5.41, 5.74) is 3.95. The van der Waals surface area contributed by atoms with Gasteiger partial charge in [-0.15, -0.1) is 0 Å². The van der Waals surface area contributed by atoms with Crippen molar-refractivity contribution < 1.29 is 14.7 Å². The standard InChI is InChI=1S/C29H29N5O3/c1-19(22-10-8-21(14-30)9-11-22)15-31-27(23-6-4-3-5-7-23)28(36)25-17-33-34-18-24(12-13-26(25)34)29(37)32-16-20(2)35/h3-13,17-20,27,31,35H,15-16H2,1-2H3,(H,32,37)/t19?,20-,27+/m1/s1. The van der Waals surface area contributed by atoms with Gasteiger partial charge < -0.3 is 15.7 Å². The molecule has 2 aromatic carbocycles. The Morgan fingerprint density at radius 1 is 1.00 bits per heavy atom. The van der Waals surface area contributed by atoms with Crippen LogP contribution < -0.4 is 10.6 Å². The Labute approximate surface area is 215 Å². The van der Waals surface area contributed by atoms with Gasteiger partial charge in [-0.2, -0.15) is 10.4 Å². The first-order chi connectivity index (χ1) is 17.9. The lowest BCUT2D eigenvalue weighted by atomic mass is 9.95. The maximum Gasteiger partial charge on any atom is 0.252 e. The van der Waals surface area contributed by atoms with Crippen molar-refractivity contribution in [2.45, 2.75) is 31.9 Å². The minimum atomic E-state index is -0.649. The molecular weight excluding hydrogens is 466 g/mol. The summed E-state index contributed by atoms with van der Waals surface area (Å²) in [5, 5.41) is 28.9. The molecule has 0 spiro atoms. The average molecular weight is 496 g/mol. The van der Waals surface area contributed by atoms with Gasteiger partial charge in [0, 0.05) is 19.3 Å². The second kappa shape index (κ2) is 11.6. The summed E-state index contributed by atoms with van der Waals surface area (Å²) in [6, 6.07) is 21.9. The predicted molar refractivity (Wildman–Crippen MR) is 140 cm³/mol. The minimum Gasteiger partial charge on any atom is -0.392 e. The minimum absolute atomic E-state index is 0.110. The molecule has 0 aliphatic carbocycles. The molecule has 0 fully saturated rings. The number of carbonyl (C=O) groups excluding carboxylic acids is 2. The number of benzene rings is 2. The van der Waals surface area contributed by atoms with Crippen LogP contribution in [0.3, 0.4) is 0 Å². The Hall–Kier alpha value is -4.32. The highest BCUT2D eigenvalue weighted by atomic mass is 16.3. The lowest BCUT2D eigenvalue weighted by Gasteiger charge is -2.21. The van der Waals surface area contributed by atoms with Gasteiger partial charge in [0.05, 0.1) is 46.6 Å². The van der Waals surface area contributed by atoms with E-state index in [-0.39, 0.29) is 24.2 Å². The van der Waals surface area contributed by atoms with Crippen LogP contribution in [0.5, 0.6) is 0 Å². The molecule has 1 unspecified atom stereocenters. The van der Waals surface area contributed by atoms with Crippen molar-refractivity contribution in [3.8, 4) is 6.07 Å². The Kier molecular flexibility index (Phi) is 8.08. The number of nitriles is 1. The third kappa shape index (κ3) is 6.09. The monoisotopic (exact) mass is 495 g/mol. The number of rotatable bonds is 10. The molecule has 4 aromatic rings. The van der Waals surface area contributed by atoms with E-state index in [9.17, 15) is 14.7 Å². The number of nitrogens with zero attached hydrogens (tertiary/aromatic N) is 3. The van der Waals surface area contributed by atoms with Gasteiger partial charge in [0.15, 0.2) is 5.78 Å². The van der Waals surface area contributed by atoms with Gasteiger partial charge in [-0.1, -0.05) is 49.4 Å². The van der Waals surface area contributed by atoms with E-state index in [1.807, 2.05) is 42.5 Å². The molecule has 2 aromatic heterocycles. The van der Waals surface area contributed by atoms with Crippen LogP contribution in [0.4, 0.5) is 0 Å². The zero-order valence-corrected chi connectivity index (χ0v) is 20.8. The molecule has 0 saturated carbocycles. The quantitative estimate of drug-likeness (QED) is 0.289. The molecule has 0 bridgehead atoms. The van der Waals surface area contributed by atoms with Crippen molar-refractivity contribution in [1.82, 2.24) is 20.2 Å². The van der Waals surface area contributed by atoms with Crippen LogP contribution in [-0.2, 0) is 0 Å². The summed E-state index contributed by atoms with van der Waals surface area (Å²) in [6.07, 6.45) is 2.45. The number of ketones is 1. The molecule has 1 amide bonds. The van der Waals surface area contributed by atoms with Gasteiger partial charge in [-0.05, 0) is 48.2 Å². The van der Waals surface area contributed by atoms with Crippen molar-refractivity contribution in [1.29, 1.82) is 5.26 Å². The Morgan fingerprint density at radius 3 is 2.41 bits per heavy atom. The summed E-state index contributed by atoms with van der Waals surface area (Å²) in [6.45, 7) is 4.35. The summed E-state index contributed by atoms with van der Waals surface area (Å²) in [7, 11) is 0. The van der Waals surface area contributed by atoms with Gasteiger partial charge in [0.1, 0.15) is 0 Å². The van der Waals surface area contributed by atoms with E-state index in [2.05, 4.69) is 28.7 Å². The molecule has 0 saturated heterocycles. The molecular formula is C29H29N5O3. The molecule has 37 heavy (non-hydrogen) atoms. The number of hydrogen-bond donors (Lipinski definition) is 3. The normalized spacial score (nSPS) is 13.5. The molecule has 0 aliphatic rings. The molecule has 8 nitrogen and oxygen atoms in total. The first kappa shape index (κ1) is 25.8. The first-order valence-corrected chi connectivity index (χ1v) is 12.1. The summed E-state index contributed by atoms with van der Waals surface area (Å²) in [5.74, 6) is -0.343. The van der Waals surface area contributed by atoms with Crippen molar-refractivity contribution >= 4 is 17.2 Å². The van der Waals surface area contributed by atoms with Crippen LogP contribution >= 0.6 is 0 Å². The lowest BCUT2D eigenvalue weighted by molar-refractivity contribution is 0.0922. The molecule has 3 atom stereocenters. The molecule has 8 heteroatoms. The molecule has 3 N–H and O–H groups in total. The summed E-state index contributed by atoms with van der Waals surface area (Å²) < 4.78 is 1.52. The van der Waals surface area contributed by atoms with E-state index in [0.29, 0.717) is 28.8 Å². The van der Waals surface area contributed by atoms with Crippen LogP contribution in [0.25, 0.3) is 5.52 Å². The second-order valence-electron chi connectivity index (χ2n) is 9.12. The molecule has 2 heterocycles. The SMILES string of the molecule is CC(CN[C@H](C(=O)c1cnn2cc(C(=O)NC[C@@H](C)O)ccc12)c1ccccc1)c1ccc(C#N)cc1. The largest absolute Gasteiger partial charge is 0.392 e. The predicted octanol–water partition coefficient (Wildman–Crippen LogP) is 3.63. The fraction of sp³-hybridized carbons (Fsp3) is 0.241. The van der Waals surface area contributed by atoms with Gasteiger partial charge >= 0.3 is 0 Å². The third-order valence-electron chi connectivity index (χ3n) is 6.23. The number of hydrogen-bond acceptors (Lipinski definition) is 6. The highest BCUT2D eigenvalue weighted by Crippen LogP contribution is 2.24. The van der Waals surface area contributed by atoms with Crippen LogP contribution in [-0.4, -0.2) is 45.6 Å². The summed E-state index contributed by atoms with van der Waals surface area (Å²) in [4.78, 5) is 26.2. The Bertz CT molecular complexity index is 1420. The number of pyridine rings is 1. The molecule has 4 rings (SSSR count). The lowest BCUT2D eigenvalue weighted by Crippen LogP contribution is -2.31. The maximum absolute atomic E-state index is 13.8. The smallest absolute Gasteiger partial charge is 0.252 e. The van der Waals surface area contributed by atoms with E-state index < -0.39 is 12.1 Å². The number of Topliss-reactive ketones (excluding diaryl/α,β-unsaturated/α-hetero) is 1. The molecule has 0 radical (unpaired) electrons. The maximum atomic E-state index is 13.8. The zero-order chi connectivity index (χ0) is 26.4. The Morgan fingerprint density at radius 2 is 1.73 bits per heavy atom. The molecule has 0 aliphatic heterocycles. The highest BCUT2D eigenvalue weighted by Gasteiger charge is 2.25. The van der Waals surface area contributed by atoms with E-state index in [4.69, 9.17) is 5.26 Å². The van der Waals surface area contributed by atoms with Gasteiger partial charge in [0.2, 0.25) is 0 Å². The summed E-state index contributed by atoms with van der Waals surface area (Å²) >= 11 is 0. The number of fused-ring (bicyclic) bond motifs is 1. The number of amides is 1.